The van der Waals surface area contributed by atoms with Crippen LogP contribution >= 0.6 is 0 Å². The molecule has 0 aliphatic rings. The number of fused-ring (bicyclic) bond motifs is 1. The Bertz CT molecular complexity index is 1020. The zero-order valence-corrected chi connectivity index (χ0v) is 14.8. The summed E-state index contributed by atoms with van der Waals surface area (Å²) < 4.78 is 0. The largest absolute Gasteiger partial charge is 0.505 e. The van der Waals surface area contributed by atoms with E-state index in [1.165, 1.54) is 12.3 Å². The van der Waals surface area contributed by atoms with Gasteiger partial charge in [-0.05, 0) is 24.6 Å². The number of hydrogen-bond donors (Lipinski definition) is 4. The van der Waals surface area contributed by atoms with Crippen molar-refractivity contribution in [2.75, 3.05) is 17.2 Å². The highest BCUT2D eigenvalue weighted by Gasteiger charge is 2.18. The van der Waals surface area contributed by atoms with Gasteiger partial charge in [0.05, 0.1) is 11.4 Å². The summed E-state index contributed by atoms with van der Waals surface area (Å²) in [6, 6.07) is 11.9. The highest BCUT2D eigenvalue weighted by atomic mass is 16.3. The van der Waals surface area contributed by atoms with E-state index in [0.29, 0.717) is 23.3 Å². The number of nitrogens with zero attached hydrogens (tertiary/aromatic N) is 1. The van der Waals surface area contributed by atoms with E-state index in [4.69, 9.17) is 5.73 Å². The quantitative estimate of drug-likeness (QED) is 0.536. The van der Waals surface area contributed by atoms with Crippen LogP contribution in [0.1, 0.15) is 34.2 Å². The number of anilines is 2. The van der Waals surface area contributed by atoms with E-state index in [1.807, 2.05) is 13.0 Å². The van der Waals surface area contributed by atoms with Crippen LogP contribution in [-0.4, -0.2) is 28.4 Å². The lowest BCUT2D eigenvalue weighted by Gasteiger charge is -2.14. The minimum atomic E-state index is -0.598. The van der Waals surface area contributed by atoms with Gasteiger partial charge in [0.1, 0.15) is 0 Å². The molecule has 138 valence electrons. The summed E-state index contributed by atoms with van der Waals surface area (Å²) in [7, 11) is 0. The molecule has 0 radical (unpaired) electrons. The Hall–Kier alpha value is -3.61. The number of hydrogen-bond acceptors (Lipinski definition) is 5. The minimum absolute atomic E-state index is 0.0976. The predicted octanol–water partition coefficient (Wildman–Crippen LogP) is 3.11. The first kappa shape index (κ1) is 18.2. The van der Waals surface area contributed by atoms with Crippen LogP contribution in [0.2, 0.25) is 0 Å². The number of aromatic nitrogens is 1. The van der Waals surface area contributed by atoms with E-state index >= 15 is 0 Å². The number of benzene rings is 2. The number of aromatic hydroxyl groups is 1. The summed E-state index contributed by atoms with van der Waals surface area (Å²) in [5.41, 5.74) is 6.54. The van der Waals surface area contributed by atoms with Gasteiger partial charge in [-0.15, -0.1) is 0 Å². The number of primary amides is 1. The summed E-state index contributed by atoms with van der Waals surface area (Å²) in [5, 5.41) is 17.6. The molecule has 0 fully saturated rings. The van der Waals surface area contributed by atoms with E-state index in [9.17, 15) is 14.7 Å². The maximum absolute atomic E-state index is 12.7. The zero-order chi connectivity index (χ0) is 19.4. The van der Waals surface area contributed by atoms with Crippen molar-refractivity contribution in [1.82, 2.24) is 4.98 Å². The maximum atomic E-state index is 12.7. The highest BCUT2D eigenvalue weighted by Crippen LogP contribution is 2.29. The van der Waals surface area contributed by atoms with E-state index < -0.39 is 11.8 Å². The molecule has 3 aromatic rings. The van der Waals surface area contributed by atoms with Crippen molar-refractivity contribution in [1.29, 1.82) is 0 Å². The van der Waals surface area contributed by atoms with Crippen LogP contribution in [0.3, 0.4) is 0 Å². The molecule has 0 spiro atoms. The maximum Gasteiger partial charge on any atom is 0.278 e. The van der Waals surface area contributed by atoms with Crippen molar-refractivity contribution in [2.24, 2.45) is 5.73 Å². The molecule has 7 heteroatoms. The van der Waals surface area contributed by atoms with E-state index in [0.717, 1.165) is 11.8 Å². The summed E-state index contributed by atoms with van der Waals surface area (Å²) in [6.07, 6.45) is 2.41. The summed E-state index contributed by atoms with van der Waals surface area (Å²) in [6.45, 7) is 2.71. The smallest absolute Gasteiger partial charge is 0.278 e. The molecule has 1 heterocycles. The second kappa shape index (κ2) is 7.74. The molecule has 1 aromatic heterocycles. The monoisotopic (exact) mass is 364 g/mol. The lowest BCUT2D eigenvalue weighted by Crippen LogP contribution is -2.17. The van der Waals surface area contributed by atoms with Crippen molar-refractivity contribution in [3.05, 3.63) is 59.9 Å². The molecule has 0 aliphatic carbocycles. The number of carbonyl (C=O) groups is 2. The molecule has 3 rings (SSSR count). The minimum Gasteiger partial charge on any atom is -0.505 e. The molecule has 0 saturated heterocycles. The van der Waals surface area contributed by atoms with Gasteiger partial charge >= 0.3 is 0 Å². The second-order valence-electron chi connectivity index (χ2n) is 6.05. The SMILES string of the molecule is CCCNc1ccc(C(N)=O)cc1NC(=O)c1ncc2ccccc2c1O. The number of rotatable bonds is 6. The Morgan fingerprint density at radius 2 is 1.93 bits per heavy atom. The topological polar surface area (TPSA) is 117 Å². The lowest BCUT2D eigenvalue weighted by atomic mass is 10.1. The van der Waals surface area contributed by atoms with Crippen molar-refractivity contribution in [3.8, 4) is 5.75 Å². The first-order chi connectivity index (χ1) is 13.0. The summed E-state index contributed by atoms with van der Waals surface area (Å²) in [5.74, 6) is -1.38. The van der Waals surface area contributed by atoms with Crippen LogP contribution in [0.4, 0.5) is 11.4 Å². The van der Waals surface area contributed by atoms with Crippen LogP contribution < -0.4 is 16.4 Å². The molecule has 27 heavy (non-hydrogen) atoms. The van der Waals surface area contributed by atoms with Gasteiger partial charge in [-0.25, -0.2) is 4.98 Å². The fourth-order valence-corrected chi connectivity index (χ4v) is 2.71. The lowest BCUT2D eigenvalue weighted by molar-refractivity contribution is 0.0995. The number of pyridine rings is 1. The normalized spacial score (nSPS) is 10.6. The van der Waals surface area contributed by atoms with Crippen LogP contribution in [0.5, 0.6) is 5.75 Å². The molecule has 0 unspecified atom stereocenters. The van der Waals surface area contributed by atoms with Crippen molar-refractivity contribution >= 4 is 34.0 Å². The molecule has 0 atom stereocenters. The van der Waals surface area contributed by atoms with Gasteiger partial charge in [-0.1, -0.05) is 31.2 Å². The Labute approximate surface area is 156 Å². The van der Waals surface area contributed by atoms with Gasteiger partial charge in [0.2, 0.25) is 5.91 Å². The number of nitrogens with two attached hydrogens (primary N) is 1. The number of amides is 2. The molecule has 2 amide bonds. The van der Waals surface area contributed by atoms with Crippen LogP contribution in [-0.2, 0) is 0 Å². The second-order valence-corrected chi connectivity index (χ2v) is 6.05. The zero-order valence-electron chi connectivity index (χ0n) is 14.8. The van der Waals surface area contributed by atoms with Gasteiger partial charge in [0, 0.05) is 29.1 Å². The van der Waals surface area contributed by atoms with Crippen molar-refractivity contribution < 1.29 is 14.7 Å². The third-order valence-corrected chi connectivity index (χ3v) is 4.11. The van der Waals surface area contributed by atoms with E-state index in [2.05, 4.69) is 15.6 Å². The standard InChI is InChI=1S/C20H20N4O3/c1-2-9-22-15-8-7-12(19(21)26)10-16(15)24-20(27)17-18(25)14-6-4-3-5-13(14)11-23-17/h3-8,10-11,22,25H,2,9H2,1H3,(H2,21,26)(H,24,27). The highest BCUT2D eigenvalue weighted by molar-refractivity contribution is 6.09. The van der Waals surface area contributed by atoms with Crippen LogP contribution in [0, 0.1) is 0 Å². The molecular formula is C20H20N4O3. The number of carbonyl (C=O) groups excluding carboxylic acids is 2. The van der Waals surface area contributed by atoms with E-state index in [-0.39, 0.29) is 17.0 Å². The Balaban J connectivity index is 1.96. The molecule has 0 aliphatic heterocycles. The molecule has 0 bridgehead atoms. The van der Waals surface area contributed by atoms with E-state index in [1.54, 1.807) is 30.3 Å². The molecule has 0 saturated carbocycles. The van der Waals surface area contributed by atoms with Gasteiger partial charge in [-0.3, -0.25) is 9.59 Å². The molecule has 5 N–H and O–H groups in total. The van der Waals surface area contributed by atoms with Crippen LogP contribution in [0.25, 0.3) is 10.8 Å². The average Bonchev–Trinajstić information content (AvgIpc) is 2.67. The number of nitrogens with one attached hydrogen (secondary N) is 2. The average molecular weight is 364 g/mol. The Kier molecular flexibility index (Phi) is 5.21. The molecule has 2 aromatic carbocycles. The van der Waals surface area contributed by atoms with Crippen LogP contribution in [0.15, 0.2) is 48.7 Å². The van der Waals surface area contributed by atoms with Gasteiger partial charge < -0.3 is 21.5 Å². The van der Waals surface area contributed by atoms with Gasteiger partial charge in [0.15, 0.2) is 11.4 Å². The third-order valence-electron chi connectivity index (χ3n) is 4.11. The first-order valence-electron chi connectivity index (χ1n) is 8.57. The Morgan fingerprint density at radius 1 is 1.15 bits per heavy atom. The van der Waals surface area contributed by atoms with Crippen molar-refractivity contribution in [2.45, 2.75) is 13.3 Å². The summed E-state index contributed by atoms with van der Waals surface area (Å²) >= 11 is 0. The predicted molar refractivity (Wildman–Crippen MR) is 105 cm³/mol. The fourth-order valence-electron chi connectivity index (χ4n) is 2.71. The van der Waals surface area contributed by atoms with Gasteiger partial charge in [0.25, 0.3) is 5.91 Å². The van der Waals surface area contributed by atoms with Crippen molar-refractivity contribution in [3.63, 3.8) is 0 Å². The fraction of sp³-hybridized carbons (Fsp3) is 0.150. The molecular weight excluding hydrogens is 344 g/mol. The first-order valence-corrected chi connectivity index (χ1v) is 8.57. The summed E-state index contributed by atoms with van der Waals surface area (Å²) in [4.78, 5) is 28.3. The molecule has 7 nitrogen and oxygen atoms in total. The third kappa shape index (κ3) is 3.82. The van der Waals surface area contributed by atoms with Gasteiger partial charge in [-0.2, -0.15) is 0 Å². The Morgan fingerprint density at radius 3 is 2.67 bits per heavy atom.